The highest BCUT2D eigenvalue weighted by atomic mass is 16.6. The lowest BCUT2D eigenvalue weighted by Gasteiger charge is -2.39. The first-order valence-corrected chi connectivity index (χ1v) is 6.35. The quantitative estimate of drug-likeness (QED) is 0.487. The Morgan fingerprint density at radius 3 is 2.59 bits per heavy atom. The van der Waals surface area contributed by atoms with E-state index in [1.165, 1.54) is 0 Å². The molecular formula is C13H14O9. The van der Waals surface area contributed by atoms with Crippen LogP contribution in [-0.4, -0.2) is 56.3 Å². The number of aliphatic carboxylic acids is 1. The van der Waals surface area contributed by atoms with Crippen LogP contribution in [0.3, 0.4) is 0 Å². The largest absolute Gasteiger partial charge is 0.479 e. The summed E-state index contributed by atoms with van der Waals surface area (Å²) in [6.45, 7) is 0. The molecule has 1 saturated carbocycles. The van der Waals surface area contributed by atoms with Gasteiger partial charge in [-0.05, 0) is 6.07 Å². The van der Waals surface area contributed by atoms with E-state index in [1.54, 1.807) is 0 Å². The van der Waals surface area contributed by atoms with Crippen LogP contribution in [0.4, 0.5) is 0 Å². The molecule has 0 bridgehead atoms. The fourth-order valence-electron chi connectivity index (χ4n) is 2.25. The van der Waals surface area contributed by atoms with Crippen molar-refractivity contribution < 1.29 is 39.2 Å². The Morgan fingerprint density at radius 2 is 2.00 bits per heavy atom. The predicted octanol–water partition coefficient (Wildman–Crippen LogP) is -1.50. The molecule has 0 amide bonds. The molecule has 4 atom stereocenters. The minimum atomic E-state index is -2.32. The Balaban J connectivity index is 2.18. The molecule has 1 fully saturated rings. The van der Waals surface area contributed by atoms with Crippen molar-refractivity contribution in [3.8, 4) is 0 Å². The van der Waals surface area contributed by atoms with Crippen LogP contribution in [0.5, 0.6) is 0 Å². The Hall–Kier alpha value is -2.23. The van der Waals surface area contributed by atoms with Gasteiger partial charge in [-0.2, -0.15) is 0 Å². The monoisotopic (exact) mass is 314 g/mol. The maximum atomic E-state index is 11.9. The zero-order valence-corrected chi connectivity index (χ0v) is 11.2. The van der Waals surface area contributed by atoms with Gasteiger partial charge in [-0.3, -0.25) is 0 Å². The molecule has 0 unspecified atom stereocenters. The molecular weight excluding hydrogens is 300 g/mol. The molecule has 0 spiro atoms. The molecule has 120 valence electrons. The fraction of sp³-hybridized carbons (Fsp3) is 0.462. The average molecular weight is 314 g/mol. The van der Waals surface area contributed by atoms with E-state index < -0.39 is 54.3 Å². The molecule has 0 radical (unpaired) electrons. The molecule has 4 N–H and O–H groups in total. The van der Waals surface area contributed by atoms with Crippen molar-refractivity contribution in [3.05, 3.63) is 34.4 Å². The van der Waals surface area contributed by atoms with Crippen molar-refractivity contribution in [2.75, 3.05) is 0 Å². The van der Waals surface area contributed by atoms with E-state index in [0.717, 1.165) is 18.4 Å². The number of carboxylic acids is 1. The zero-order valence-electron chi connectivity index (χ0n) is 11.2. The number of rotatable bonds is 3. The highest BCUT2D eigenvalue weighted by Crippen LogP contribution is 2.31. The lowest BCUT2D eigenvalue weighted by molar-refractivity contribution is -0.187. The SMILES string of the molecule is O=C(O[C@@H]1C[C@](O)(C(=O)O)C[C@@H](O)[C@H]1O)c1ccoc(=O)c1. The molecule has 0 aliphatic heterocycles. The van der Waals surface area contributed by atoms with Gasteiger partial charge in [0.2, 0.25) is 0 Å². The third-order valence-corrected chi connectivity index (χ3v) is 3.46. The summed E-state index contributed by atoms with van der Waals surface area (Å²) in [7, 11) is 0. The van der Waals surface area contributed by atoms with Gasteiger partial charge >= 0.3 is 17.6 Å². The van der Waals surface area contributed by atoms with Crippen molar-refractivity contribution in [1.82, 2.24) is 0 Å². The summed E-state index contributed by atoms with van der Waals surface area (Å²) in [6, 6.07) is 2.01. The van der Waals surface area contributed by atoms with Crippen LogP contribution >= 0.6 is 0 Å². The lowest BCUT2D eigenvalue weighted by atomic mass is 9.79. The van der Waals surface area contributed by atoms with E-state index in [4.69, 9.17) is 9.84 Å². The van der Waals surface area contributed by atoms with Gasteiger partial charge < -0.3 is 29.6 Å². The van der Waals surface area contributed by atoms with E-state index in [0.29, 0.717) is 0 Å². The first kappa shape index (κ1) is 16.1. The molecule has 1 aliphatic carbocycles. The Morgan fingerprint density at radius 1 is 1.32 bits per heavy atom. The number of hydrogen-bond donors (Lipinski definition) is 4. The maximum absolute atomic E-state index is 11.9. The summed E-state index contributed by atoms with van der Waals surface area (Å²) >= 11 is 0. The first-order chi connectivity index (χ1) is 10.2. The minimum Gasteiger partial charge on any atom is -0.479 e. The molecule has 0 saturated heterocycles. The van der Waals surface area contributed by atoms with Gasteiger partial charge in [0.05, 0.1) is 17.9 Å². The van der Waals surface area contributed by atoms with Crippen LogP contribution in [-0.2, 0) is 9.53 Å². The lowest BCUT2D eigenvalue weighted by Crippen LogP contribution is -2.57. The molecule has 9 nitrogen and oxygen atoms in total. The Labute approximate surface area is 123 Å². The number of aliphatic hydroxyl groups excluding tert-OH is 2. The van der Waals surface area contributed by atoms with Gasteiger partial charge in [-0.25, -0.2) is 14.4 Å². The van der Waals surface area contributed by atoms with Crippen LogP contribution in [0.15, 0.2) is 27.6 Å². The van der Waals surface area contributed by atoms with Crippen molar-refractivity contribution in [2.45, 2.75) is 36.8 Å². The van der Waals surface area contributed by atoms with Crippen molar-refractivity contribution in [1.29, 1.82) is 0 Å². The molecule has 1 heterocycles. The van der Waals surface area contributed by atoms with Crippen molar-refractivity contribution in [2.24, 2.45) is 0 Å². The number of carbonyl (C=O) groups is 2. The average Bonchev–Trinajstić information content (AvgIpc) is 2.44. The van der Waals surface area contributed by atoms with E-state index >= 15 is 0 Å². The number of ether oxygens (including phenoxy) is 1. The zero-order chi connectivity index (χ0) is 16.5. The van der Waals surface area contributed by atoms with Crippen molar-refractivity contribution >= 4 is 11.9 Å². The molecule has 1 aromatic rings. The second kappa shape index (κ2) is 5.87. The molecule has 0 aromatic carbocycles. The third kappa shape index (κ3) is 3.16. The van der Waals surface area contributed by atoms with Crippen LogP contribution in [0.25, 0.3) is 0 Å². The van der Waals surface area contributed by atoms with E-state index in [1.807, 2.05) is 0 Å². The van der Waals surface area contributed by atoms with Gasteiger partial charge in [0.25, 0.3) is 0 Å². The summed E-state index contributed by atoms with van der Waals surface area (Å²) in [6.07, 6.45) is -4.78. The predicted molar refractivity (Wildman–Crippen MR) is 68.0 cm³/mol. The number of carbonyl (C=O) groups excluding carboxylic acids is 1. The van der Waals surface area contributed by atoms with E-state index in [2.05, 4.69) is 4.42 Å². The van der Waals surface area contributed by atoms with Crippen LogP contribution < -0.4 is 5.63 Å². The summed E-state index contributed by atoms with van der Waals surface area (Å²) in [5, 5.41) is 38.3. The Kier molecular flexibility index (Phi) is 4.31. The van der Waals surface area contributed by atoms with Gasteiger partial charge in [0, 0.05) is 18.9 Å². The maximum Gasteiger partial charge on any atom is 0.338 e. The number of hydrogen-bond acceptors (Lipinski definition) is 8. The van der Waals surface area contributed by atoms with Gasteiger partial charge in [0.1, 0.15) is 12.2 Å². The summed E-state index contributed by atoms with van der Waals surface area (Å²) in [5.41, 5.74) is -3.28. The van der Waals surface area contributed by atoms with Gasteiger partial charge in [-0.1, -0.05) is 0 Å². The molecule has 9 heteroatoms. The van der Waals surface area contributed by atoms with Crippen molar-refractivity contribution in [3.63, 3.8) is 0 Å². The first-order valence-electron chi connectivity index (χ1n) is 6.35. The van der Waals surface area contributed by atoms with E-state index in [-0.39, 0.29) is 5.56 Å². The minimum absolute atomic E-state index is 0.164. The summed E-state index contributed by atoms with van der Waals surface area (Å²) in [5.74, 6) is -2.61. The molecule has 1 aromatic heterocycles. The van der Waals surface area contributed by atoms with Crippen LogP contribution in [0.2, 0.25) is 0 Å². The fourth-order valence-corrected chi connectivity index (χ4v) is 2.25. The summed E-state index contributed by atoms with van der Waals surface area (Å²) < 4.78 is 9.35. The molecule has 1 aliphatic rings. The summed E-state index contributed by atoms with van der Waals surface area (Å²) in [4.78, 5) is 33.9. The van der Waals surface area contributed by atoms with Gasteiger partial charge in [-0.15, -0.1) is 0 Å². The topological polar surface area (TPSA) is 154 Å². The van der Waals surface area contributed by atoms with E-state index in [9.17, 15) is 29.7 Å². The number of aliphatic hydroxyl groups is 3. The highest BCUT2D eigenvalue weighted by Gasteiger charge is 2.50. The third-order valence-electron chi connectivity index (χ3n) is 3.46. The second-order valence-electron chi connectivity index (χ2n) is 5.09. The number of carboxylic acid groups (broad SMARTS) is 1. The Bertz CT molecular complexity index is 636. The number of esters is 1. The second-order valence-corrected chi connectivity index (χ2v) is 5.09. The standard InChI is InChI=1S/C13H14O9/c14-7-4-13(20,12(18)19)5-8(10(7)16)22-11(17)6-1-2-21-9(15)3-6/h1-3,7-8,10,14,16,20H,4-5H2,(H,18,19)/t7-,8-,10-,13+/m1/s1. The highest BCUT2D eigenvalue weighted by molar-refractivity contribution is 5.89. The van der Waals surface area contributed by atoms with Gasteiger partial charge in [0.15, 0.2) is 5.60 Å². The van der Waals surface area contributed by atoms with Crippen LogP contribution in [0.1, 0.15) is 23.2 Å². The normalized spacial score (nSPS) is 31.5. The smallest absolute Gasteiger partial charge is 0.338 e. The van der Waals surface area contributed by atoms with Crippen LogP contribution in [0, 0.1) is 0 Å². The molecule has 22 heavy (non-hydrogen) atoms. The molecule has 2 rings (SSSR count).